The zero-order chi connectivity index (χ0) is 30.1. The van der Waals surface area contributed by atoms with Crippen LogP contribution in [0.15, 0.2) is 0 Å². The lowest BCUT2D eigenvalue weighted by Gasteiger charge is -2.30. The van der Waals surface area contributed by atoms with E-state index in [1.807, 2.05) is 0 Å². The van der Waals surface area contributed by atoms with Gasteiger partial charge in [0.15, 0.2) is 0 Å². The Bertz CT molecular complexity index is 510. The zero-order valence-corrected chi connectivity index (χ0v) is 29.5. The molecule has 0 aromatic rings. The molecule has 2 nitrogen and oxygen atoms in total. The van der Waals surface area contributed by atoms with Crippen molar-refractivity contribution < 1.29 is 9.47 Å². The van der Waals surface area contributed by atoms with Gasteiger partial charge in [0.25, 0.3) is 0 Å². The van der Waals surface area contributed by atoms with Gasteiger partial charge in [0.05, 0.1) is 12.2 Å². The monoisotopic (exact) mass is 591 g/mol. The van der Waals surface area contributed by atoms with Crippen molar-refractivity contribution in [1.82, 2.24) is 0 Å². The molecule has 0 bridgehead atoms. The molecule has 250 valence electrons. The summed E-state index contributed by atoms with van der Waals surface area (Å²) in [4.78, 5) is 0. The summed E-state index contributed by atoms with van der Waals surface area (Å²) in [5.41, 5.74) is 0. The molecule has 2 aliphatic carbocycles. The van der Waals surface area contributed by atoms with E-state index in [1.165, 1.54) is 180 Å². The van der Waals surface area contributed by atoms with E-state index in [1.54, 1.807) is 0 Å². The van der Waals surface area contributed by atoms with Crippen molar-refractivity contribution in [3.63, 3.8) is 0 Å². The molecule has 0 heterocycles. The molecule has 2 unspecified atom stereocenters. The van der Waals surface area contributed by atoms with E-state index in [4.69, 9.17) is 9.47 Å². The van der Waals surface area contributed by atoms with Crippen LogP contribution in [0.3, 0.4) is 0 Å². The van der Waals surface area contributed by atoms with Gasteiger partial charge in [0.1, 0.15) is 0 Å². The van der Waals surface area contributed by atoms with Gasteiger partial charge in [-0.15, -0.1) is 0 Å². The quantitative estimate of drug-likeness (QED) is 0.0886. The molecule has 2 rings (SSSR count). The van der Waals surface area contributed by atoms with E-state index >= 15 is 0 Å². The predicted molar refractivity (Wildman–Crippen MR) is 185 cm³/mol. The largest absolute Gasteiger partial charge is 0.376 e. The van der Waals surface area contributed by atoms with Crippen LogP contribution in [0.25, 0.3) is 0 Å². The maximum absolute atomic E-state index is 6.27. The Morgan fingerprint density at radius 3 is 0.952 bits per heavy atom. The minimum Gasteiger partial charge on any atom is -0.376 e. The van der Waals surface area contributed by atoms with Crippen LogP contribution in [0.1, 0.15) is 207 Å². The van der Waals surface area contributed by atoms with Crippen LogP contribution >= 0.6 is 0 Å². The van der Waals surface area contributed by atoms with Crippen LogP contribution in [0, 0.1) is 23.7 Å². The van der Waals surface area contributed by atoms with Gasteiger partial charge in [-0.25, -0.2) is 0 Å². The Hall–Kier alpha value is -0.0800. The number of ether oxygens (including phenoxy) is 2. The van der Waals surface area contributed by atoms with Crippen LogP contribution in [-0.2, 0) is 9.47 Å². The second kappa shape index (κ2) is 26.2. The van der Waals surface area contributed by atoms with Gasteiger partial charge in [-0.05, 0) is 50.4 Å². The molecule has 2 saturated carbocycles. The first-order chi connectivity index (χ1) is 20.6. The van der Waals surface area contributed by atoms with Crippen LogP contribution in [0.2, 0.25) is 0 Å². The van der Waals surface area contributed by atoms with Crippen molar-refractivity contribution in [2.75, 3.05) is 13.2 Å². The summed E-state index contributed by atoms with van der Waals surface area (Å²) in [6.45, 7) is 10.9. The highest BCUT2D eigenvalue weighted by atomic mass is 16.5. The van der Waals surface area contributed by atoms with Crippen LogP contribution in [-0.4, -0.2) is 25.4 Å². The number of rotatable bonds is 27. The lowest BCUT2D eigenvalue weighted by molar-refractivity contribution is -0.0631. The highest BCUT2D eigenvalue weighted by Crippen LogP contribution is 2.35. The molecule has 42 heavy (non-hydrogen) atoms. The Labute approximate surface area is 265 Å². The molecular weight excluding hydrogens is 512 g/mol. The average molecular weight is 591 g/mol. The molecule has 0 radical (unpaired) electrons. The van der Waals surface area contributed by atoms with Crippen molar-refractivity contribution in [2.24, 2.45) is 23.7 Å². The standard InChI is InChI=1S/C40H78O2/c1-5-7-9-11-13-15-17-19-21-37-23-27-39(28-24-37)31-33-41-35(3)36(4)42-34-32-40-29-25-38(26-30-40)22-20-18-16-14-12-10-8-6-2/h35-40H,5-34H2,1-4H3. The van der Waals surface area contributed by atoms with Crippen molar-refractivity contribution in [3.8, 4) is 0 Å². The SMILES string of the molecule is CCCCCCCCCCC1CCC(CCOC(C)C(C)OCCC2CCC(CCCCCCCCCC)CC2)CC1. The van der Waals surface area contributed by atoms with Crippen LogP contribution < -0.4 is 0 Å². The van der Waals surface area contributed by atoms with Gasteiger partial charge in [0, 0.05) is 13.2 Å². The molecule has 2 atom stereocenters. The zero-order valence-electron chi connectivity index (χ0n) is 29.5. The predicted octanol–water partition coefficient (Wildman–Crippen LogP) is 13.3. The van der Waals surface area contributed by atoms with Crippen molar-refractivity contribution in [3.05, 3.63) is 0 Å². The molecule has 0 aromatic carbocycles. The first-order valence-electron chi connectivity index (χ1n) is 19.8. The van der Waals surface area contributed by atoms with Gasteiger partial charge in [-0.3, -0.25) is 0 Å². The van der Waals surface area contributed by atoms with Crippen molar-refractivity contribution in [2.45, 2.75) is 220 Å². The minimum atomic E-state index is 0.214. The lowest BCUT2D eigenvalue weighted by Crippen LogP contribution is -2.28. The highest BCUT2D eigenvalue weighted by molar-refractivity contribution is 4.75. The molecule has 0 saturated heterocycles. The Morgan fingerprint density at radius 2 is 0.643 bits per heavy atom. The van der Waals surface area contributed by atoms with E-state index in [0.29, 0.717) is 0 Å². The molecule has 0 aromatic heterocycles. The molecule has 2 fully saturated rings. The summed E-state index contributed by atoms with van der Waals surface area (Å²) in [6.07, 6.45) is 40.7. The lowest BCUT2D eigenvalue weighted by atomic mass is 9.78. The summed E-state index contributed by atoms with van der Waals surface area (Å²) in [5.74, 6) is 3.82. The second-order valence-electron chi connectivity index (χ2n) is 15.0. The van der Waals surface area contributed by atoms with E-state index in [-0.39, 0.29) is 12.2 Å². The summed E-state index contributed by atoms with van der Waals surface area (Å²) >= 11 is 0. The van der Waals surface area contributed by atoms with E-state index < -0.39 is 0 Å². The van der Waals surface area contributed by atoms with Gasteiger partial charge in [0.2, 0.25) is 0 Å². The smallest absolute Gasteiger partial charge is 0.0805 e. The fraction of sp³-hybridized carbons (Fsp3) is 1.00. The van der Waals surface area contributed by atoms with Gasteiger partial charge in [-0.1, -0.05) is 181 Å². The van der Waals surface area contributed by atoms with Gasteiger partial charge < -0.3 is 9.47 Å². The summed E-state index contributed by atoms with van der Waals surface area (Å²) in [7, 11) is 0. The summed E-state index contributed by atoms with van der Waals surface area (Å²) in [6, 6.07) is 0. The van der Waals surface area contributed by atoms with E-state index in [2.05, 4.69) is 27.7 Å². The van der Waals surface area contributed by atoms with Crippen LogP contribution in [0.4, 0.5) is 0 Å². The molecule has 0 aliphatic heterocycles. The molecular formula is C40H78O2. The normalized spacial score (nSPS) is 24.6. The maximum atomic E-state index is 6.27. The third-order valence-electron chi connectivity index (χ3n) is 11.3. The second-order valence-corrected chi connectivity index (χ2v) is 15.0. The number of unbranched alkanes of at least 4 members (excludes halogenated alkanes) is 14. The van der Waals surface area contributed by atoms with Gasteiger partial charge in [-0.2, -0.15) is 0 Å². The van der Waals surface area contributed by atoms with Crippen molar-refractivity contribution in [1.29, 1.82) is 0 Å². The number of hydrogen-bond acceptors (Lipinski definition) is 2. The fourth-order valence-corrected chi connectivity index (χ4v) is 7.86. The molecule has 2 aliphatic rings. The number of hydrogen-bond donors (Lipinski definition) is 0. The highest BCUT2D eigenvalue weighted by Gasteiger charge is 2.23. The van der Waals surface area contributed by atoms with E-state index in [0.717, 1.165) is 36.9 Å². The maximum Gasteiger partial charge on any atom is 0.0805 e. The average Bonchev–Trinajstić information content (AvgIpc) is 3.01. The minimum absolute atomic E-state index is 0.214. The topological polar surface area (TPSA) is 18.5 Å². The first kappa shape index (κ1) is 38.1. The van der Waals surface area contributed by atoms with Gasteiger partial charge >= 0.3 is 0 Å². The summed E-state index contributed by atoms with van der Waals surface area (Å²) in [5, 5.41) is 0. The molecule has 0 N–H and O–H groups in total. The summed E-state index contributed by atoms with van der Waals surface area (Å²) < 4.78 is 12.5. The third kappa shape index (κ3) is 19.3. The van der Waals surface area contributed by atoms with Crippen molar-refractivity contribution >= 4 is 0 Å². The molecule has 0 amide bonds. The third-order valence-corrected chi connectivity index (χ3v) is 11.3. The first-order valence-corrected chi connectivity index (χ1v) is 19.8. The molecule has 0 spiro atoms. The Kier molecular flexibility index (Phi) is 23.7. The molecule has 2 heteroatoms. The Balaban J connectivity index is 1.38. The Morgan fingerprint density at radius 1 is 0.381 bits per heavy atom. The van der Waals surface area contributed by atoms with Crippen LogP contribution in [0.5, 0.6) is 0 Å². The van der Waals surface area contributed by atoms with E-state index in [9.17, 15) is 0 Å². The fourth-order valence-electron chi connectivity index (χ4n) is 7.86.